The van der Waals surface area contributed by atoms with Crippen molar-refractivity contribution in [2.45, 2.75) is 24.6 Å². The molecule has 5 heteroatoms. The van der Waals surface area contributed by atoms with Crippen LogP contribution in [0.25, 0.3) is 0 Å². The third-order valence-electron chi connectivity index (χ3n) is 2.79. The van der Waals surface area contributed by atoms with Gasteiger partial charge in [0, 0.05) is 0 Å². The minimum absolute atomic E-state index is 0.0832. The van der Waals surface area contributed by atoms with Crippen LogP contribution in [0.3, 0.4) is 0 Å². The topological polar surface area (TPSA) is 79.2 Å². The van der Waals surface area contributed by atoms with Gasteiger partial charge in [0.05, 0.1) is 19.8 Å². The highest BCUT2D eigenvalue weighted by Gasteiger charge is 2.47. The average Bonchev–Trinajstić information content (AvgIpc) is 2.59. The second-order valence-electron chi connectivity index (χ2n) is 4.23. The van der Waals surface area contributed by atoms with E-state index in [0.717, 1.165) is 5.56 Å². The zero-order valence-electron chi connectivity index (χ0n) is 9.32. The molecule has 0 aliphatic carbocycles. The SMILES string of the molecule is OC1[C@H](O)OC[C@@]1(O)COCc1ccccc1. The Morgan fingerprint density at radius 2 is 2.00 bits per heavy atom. The summed E-state index contributed by atoms with van der Waals surface area (Å²) in [6, 6.07) is 9.50. The van der Waals surface area contributed by atoms with Gasteiger partial charge in [-0.25, -0.2) is 0 Å². The maximum Gasteiger partial charge on any atom is 0.184 e. The molecule has 0 saturated carbocycles. The van der Waals surface area contributed by atoms with Crippen LogP contribution in [0.15, 0.2) is 30.3 Å². The van der Waals surface area contributed by atoms with Gasteiger partial charge in [-0.05, 0) is 5.56 Å². The average molecular weight is 240 g/mol. The zero-order valence-corrected chi connectivity index (χ0v) is 9.32. The minimum atomic E-state index is -1.53. The fourth-order valence-corrected chi connectivity index (χ4v) is 1.72. The van der Waals surface area contributed by atoms with Crippen molar-refractivity contribution >= 4 is 0 Å². The summed E-state index contributed by atoms with van der Waals surface area (Å²) >= 11 is 0. The van der Waals surface area contributed by atoms with E-state index in [2.05, 4.69) is 0 Å². The smallest absolute Gasteiger partial charge is 0.184 e. The summed E-state index contributed by atoms with van der Waals surface area (Å²) in [6.07, 6.45) is -2.68. The van der Waals surface area contributed by atoms with Crippen molar-refractivity contribution in [2.24, 2.45) is 0 Å². The lowest BCUT2D eigenvalue weighted by Crippen LogP contribution is -2.47. The number of aliphatic hydroxyl groups is 3. The van der Waals surface area contributed by atoms with Crippen molar-refractivity contribution in [3.63, 3.8) is 0 Å². The molecule has 1 aliphatic rings. The molecule has 1 aromatic carbocycles. The van der Waals surface area contributed by atoms with E-state index in [1.54, 1.807) is 0 Å². The van der Waals surface area contributed by atoms with Crippen LogP contribution < -0.4 is 0 Å². The molecule has 3 atom stereocenters. The normalized spacial score (nSPS) is 32.9. The van der Waals surface area contributed by atoms with Crippen LogP contribution >= 0.6 is 0 Å². The summed E-state index contributed by atoms with van der Waals surface area (Å²) in [5.41, 5.74) is -0.557. The molecular weight excluding hydrogens is 224 g/mol. The molecule has 5 nitrogen and oxygen atoms in total. The Bertz CT molecular complexity index is 355. The Morgan fingerprint density at radius 3 is 2.59 bits per heavy atom. The third-order valence-corrected chi connectivity index (χ3v) is 2.79. The first-order valence-electron chi connectivity index (χ1n) is 5.44. The van der Waals surface area contributed by atoms with Crippen molar-refractivity contribution in [3.05, 3.63) is 35.9 Å². The largest absolute Gasteiger partial charge is 0.385 e. The number of rotatable bonds is 4. The van der Waals surface area contributed by atoms with E-state index in [-0.39, 0.29) is 13.2 Å². The molecule has 0 spiro atoms. The van der Waals surface area contributed by atoms with Gasteiger partial charge in [0.1, 0.15) is 11.7 Å². The summed E-state index contributed by atoms with van der Waals surface area (Å²) in [7, 11) is 0. The highest BCUT2D eigenvalue weighted by Crippen LogP contribution is 2.24. The summed E-state index contributed by atoms with van der Waals surface area (Å²) < 4.78 is 10.1. The van der Waals surface area contributed by atoms with Gasteiger partial charge in [0.2, 0.25) is 0 Å². The van der Waals surface area contributed by atoms with Crippen molar-refractivity contribution in [3.8, 4) is 0 Å². The van der Waals surface area contributed by atoms with Crippen molar-refractivity contribution in [2.75, 3.05) is 13.2 Å². The fraction of sp³-hybridized carbons (Fsp3) is 0.500. The highest BCUT2D eigenvalue weighted by atomic mass is 16.6. The molecule has 3 N–H and O–H groups in total. The molecule has 1 heterocycles. The first-order valence-corrected chi connectivity index (χ1v) is 5.44. The van der Waals surface area contributed by atoms with Crippen molar-refractivity contribution in [1.82, 2.24) is 0 Å². The minimum Gasteiger partial charge on any atom is -0.385 e. The van der Waals surface area contributed by atoms with Gasteiger partial charge >= 0.3 is 0 Å². The molecule has 1 fully saturated rings. The van der Waals surface area contributed by atoms with Crippen LogP contribution in [-0.4, -0.2) is 46.5 Å². The summed E-state index contributed by atoms with van der Waals surface area (Å²) in [6.45, 7) is 0.121. The molecule has 94 valence electrons. The Kier molecular flexibility index (Phi) is 3.76. The Hall–Kier alpha value is -0.980. The molecule has 2 rings (SSSR count). The fourth-order valence-electron chi connectivity index (χ4n) is 1.72. The van der Waals surface area contributed by atoms with Gasteiger partial charge < -0.3 is 24.8 Å². The van der Waals surface area contributed by atoms with Crippen LogP contribution in [-0.2, 0) is 16.1 Å². The predicted octanol–water partition coefficient (Wildman–Crippen LogP) is -0.356. The van der Waals surface area contributed by atoms with Crippen LogP contribution in [0.2, 0.25) is 0 Å². The van der Waals surface area contributed by atoms with Crippen LogP contribution in [0, 0.1) is 0 Å². The second-order valence-corrected chi connectivity index (χ2v) is 4.23. The van der Waals surface area contributed by atoms with Crippen molar-refractivity contribution < 1.29 is 24.8 Å². The summed E-state index contributed by atoms with van der Waals surface area (Å²) in [4.78, 5) is 0. The predicted molar refractivity (Wildman–Crippen MR) is 59.0 cm³/mol. The Balaban J connectivity index is 1.83. The van der Waals surface area contributed by atoms with Gasteiger partial charge in [-0.3, -0.25) is 0 Å². The van der Waals surface area contributed by atoms with Crippen LogP contribution in [0.5, 0.6) is 0 Å². The second kappa shape index (κ2) is 5.12. The number of aliphatic hydroxyl groups excluding tert-OH is 2. The Morgan fingerprint density at radius 1 is 1.29 bits per heavy atom. The molecule has 0 bridgehead atoms. The lowest BCUT2D eigenvalue weighted by Gasteiger charge is -2.24. The van der Waals surface area contributed by atoms with E-state index in [1.807, 2.05) is 30.3 Å². The molecule has 1 aliphatic heterocycles. The number of ether oxygens (including phenoxy) is 2. The van der Waals surface area contributed by atoms with Crippen LogP contribution in [0.1, 0.15) is 5.56 Å². The molecule has 1 aromatic rings. The first-order chi connectivity index (χ1) is 8.12. The van der Waals surface area contributed by atoms with E-state index in [4.69, 9.17) is 14.6 Å². The van der Waals surface area contributed by atoms with E-state index in [0.29, 0.717) is 6.61 Å². The zero-order chi connectivity index (χ0) is 12.3. The standard InChI is InChI=1S/C12H16O5/c13-10-11(14)17-8-12(10,15)7-16-6-9-4-2-1-3-5-9/h1-5,10-11,13-15H,6-8H2/t10?,11-,12+/m1/s1. The molecule has 17 heavy (non-hydrogen) atoms. The van der Waals surface area contributed by atoms with Gasteiger partial charge in [-0.15, -0.1) is 0 Å². The monoisotopic (exact) mass is 240 g/mol. The molecular formula is C12H16O5. The quantitative estimate of drug-likeness (QED) is 0.670. The van der Waals surface area contributed by atoms with Gasteiger partial charge in [0.15, 0.2) is 6.29 Å². The third kappa shape index (κ3) is 2.83. The molecule has 0 radical (unpaired) electrons. The molecule has 0 amide bonds. The number of benzene rings is 1. The van der Waals surface area contributed by atoms with Crippen molar-refractivity contribution in [1.29, 1.82) is 0 Å². The molecule has 0 aromatic heterocycles. The van der Waals surface area contributed by atoms with E-state index >= 15 is 0 Å². The molecule has 1 unspecified atom stereocenters. The van der Waals surface area contributed by atoms with Crippen LogP contribution in [0.4, 0.5) is 0 Å². The maximum atomic E-state index is 9.95. The summed E-state index contributed by atoms with van der Waals surface area (Å²) in [5, 5.41) is 28.6. The van der Waals surface area contributed by atoms with E-state index < -0.39 is 18.0 Å². The van der Waals surface area contributed by atoms with Gasteiger partial charge in [-0.2, -0.15) is 0 Å². The van der Waals surface area contributed by atoms with Gasteiger partial charge in [-0.1, -0.05) is 30.3 Å². The van der Waals surface area contributed by atoms with Gasteiger partial charge in [0.25, 0.3) is 0 Å². The lowest BCUT2D eigenvalue weighted by molar-refractivity contribution is -0.135. The van der Waals surface area contributed by atoms with E-state index in [1.165, 1.54) is 0 Å². The Labute approximate surface area is 99.2 Å². The number of hydrogen-bond acceptors (Lipinski definition) is 5. The lowest BCUT2D eigenvalue weighted by atomic mass is 10.0. The first kappa shape index (κ1) is 12.5. The highest BCUT2D eigenvalue weighted by molar-refractivity contribution is 5.13. The van der Waals surface area contributed by atoms with E-state index in [9.17, 15) is 10.2 Å². The maximum absolute atomic E-state index is 9.95. The summed E-state index contributed by atoms with van der Waals surface area (Å²) in [5.74, 6) is 0. The number of hydrogen-bond donors (Lipinski definition) is 3. The molecule has 1 saturated heterocycles.